The lowest BCUT2D eigenvalue weighted by Gasteiger charge is -2.14. The highest BCUT2D eigenvalue weighted by atomic mass is 32.1. The maximum Gasteiger partial charge on any atom is 0.193 e. The molecular formula is C17H24N4S. The molecule has 0 amide bonds. The average molecular weight is 316 g/mol. The third-order valence-corrected chi connectivity index (χ3v) is 4.15. The molecule has 2 rings (SSSR count). The second-order valence-corrected chi connectivity index (χ2v) is 7.20. The van der Waals surface area contributed by atoms with Gasteiger partial charge in [-0.3, -0.25) is 0 Å². The van der Waals surface area contributed by atoms with E-state index in [9.17, 15) is 0 Å². The monoisotopic (exact) mass is 316 g/mol. The van der Waals surface area contributed by atoms with Crippen molar-refractivity contribution in [2.24, 2.45) is 10.7 Å². The van der Waals surface area contributed by atoms with Crippen LogP contribution in [0.1, 0.15) is 44.0 Å². The number of aliphatic imine (C=N–C) groups is 1. The quantitative estimate of drug-likeness (QED) is 0.663. The lowest BCUT2D eigenvalue weighted by molar-refractivity contribution is 0.571. The minimum Gasteiger partial charge on any atom is -0.370 e. The van der Waals surface area contributed by atoms with Gasteiger partial charge >= 0.3 is 0 Å². The molecule has 0 atom stereocenters. The molecular weight excluding hydrogens is 292 g/mol. The van der Waals surface area contributed by atoms with E-state index in [1.165, 1.54) is 5.56 Å². The van der Waals surface area contributed by atoms with E-state index < -0.39 is 0 Å². The Bertz CT molecular complexity index is 653. The third-order valence-electron chi connectivity index (χ3n) is 3.31. The zero-order chi connectivity index (χ0) is 16.2. The van der Waals surface area contributed by atoms with E-state index in [1.807, 2.05) is 12.1 Å². The summed E-state index contributed by atoms with van der Waals surface area (Å²) in [6.45, 7) is 9.11. The molecule has 0 saturated heterocycles. The van der Waals surface area contributed by atoms with Gasteiger partial charge < -0.3 is 11.1 Å². The van der Waals surface area contributed by atoms with Crippen molar-refractivity contribution in [1.82, 2.24) is 4.98 Å². The predicted molar refractivity (Wildman–Crippen MR) is 95.6 cm³/mol. The van der Waals surface area contributed by atoms with Gasteiger partial charge in [0.05, 0.1) is 12.2 Å². The van der Waals surface area contributed by atoms with Gasteiger partial charge in [0.2, 0.25) is 0 Å². The summed E-state index contributed by atoms with van der Waals surface area (Å²) in [5.41, 5.74) is 9.37. The fourth-order valence-corrected chi connectivity index (χ4v) is 2.88. The van der Waals surface area contributed by atoms with Crippen LogP contribution in [0.3, 0.4) is 0 Å². The smallest absolute Gasteiger partial charge is 0.193 e. The number of hydrogen-bond donors (Lipinski definition) is 2. The van der Waals surface area contributed by atoms with Crippen molar-refractivity contribution in [3.63, 3.8) is 0 Å². The molecule has 0 unspecified atom stereocenters. The highest BCUT2D eigenvalue weighted by molar-refractivity contribution is 7.09. The maximum atomic E-state index is 5.95. The van der Waals surface area contributed by atoms with Gasteiger partial charge in [0, 0.05) is 16.5 Å². The Labute approximate surface area is 136 Å². The maximum absolute atomic E-state index is 5.95. The van der Waals surface area contributed by atoms with Crippen LogP contribution < -0.4 is 11.1 Å². The topological polar surface area (TPSA) is 63.3 Å². The molecule has 118 valence electrons. The van der Waals surface area contributed by atoms with E-state index in [4.69, 9.17) is 5.73 Å². The number of thiazole rings is 1. The molecule has 0 aliphatic heterocycles. The van der Waals surface area contributed by atoms with E-state index in [0.29, 0.717) is 12.5 Å². The third kappa shape index (κ3) is 4.56. The Morgan fingerprint density at radius 1 is 1.36 bits per heavy atom. The number of guanidine groups is 1. The fraction of sp³-hybridized carbons (Fsp3) is 0.412. The zero-order valence-corrected chi connectivity index (χ0v) is 14.5. The van der Waals surface area contributed by atoms with Crippen molar-refractivity contribution in [3.8, 4) is 0 Å². The molecule has 3 N–H and O–H groups in total. The fourth-order valence-electron chi connectivity index (χ4n) is 1.94. The first-order chi connectivity index (χ1) is 10.4. The standard InChI is InChI=1S/C17H24N4S/c1-5-12-7-6-8-13(9-12)20-16(18)19-10-15-21-14(11-22-15)17(2,3)4/h6-9,11H,5,10H2,1-4H3,(H3,18,19,20). The molecule has 22 heavy (non-hydrogen) atoms. The summed E-state index contributed by atoms with van der Waals surface area (Å²) in [5, 5.41) is 6.21. The van der Waals surface area contributed by atoms with Gasteiger partial charge in [-0.2, -0.15) is 0 Å². The second-order valence-electron chi connectivity index (χ2n) is 6.26. The van der Waals surface area contributed by atoms with Gasteiger partial charge in [0.25, 0.3) is 0 Å². The van der Waals surface area contributed by atoms with Gasteiger partial charge in [-0.25, -0.2) is 9.98 Å². The summed E-state index contributed by atoms with van der Waals surface area (Å²) in [6, 6.07) is 8.19. The highest BCUT2D eigenvalue weighted by Crippen LogP contribution is 2.24. The summed E-state index contributed by atoms with van der Waals surface area (Å²) < 4.78 is 0. The van der Waals surface area contributed by atoms with Crippen LogP contribution in [0.2, 0.25) is 0 Å². The SMILES string of the molecule is CCc1cccc(NC(N)=NCc2nc(C(C)(C)C)cs2)c1. The van der Waals surface area contributed by atoms with Crippen LogP contribution in [0.5, 0.6) is 0 Å². The van der Waals surface area contributed by atoms with Crippen molar-refractivity contribution in [1.29, 1.82) is 0 Å². The molecule has 5 heteroatoms. The highest BCUT2D eigenvalue weighted by Gasteiger charge is 2.17. The number of nitrogens with two attached hydrogens (primary N) is 1. The number of aromatic nitrogens is 1. The molecule has 1 aromatic heterocycles. The number of anilines is 1. The number of nitrogens with zero attached hydrogens (tertiary/aromatic N) is 2. The van der Waals surface area contributed by atoms with Crippen LogP contribution in [-0.2, 0) is 18.4 Å². The van der Waals surface area contributed by atoms with Crippen LogP contribution in [0.15, 0.2) is 34.6 Å². The van der Waals surface area contributed by atoms with Crippen LogP contribution in [-0.4, -0.2) is 10.9 Å². The summed E-state index contributed by atoms with van der Waals surface area (Å²) >= 11 is 1.63. The molecule has 0 aliphatic rings. The van der Waals surface area contributed by atoms with Crippen molar-refractivity contribution in [2.45, 2.75) is 46.1 Å². The van der Waals surface area contributed by atoms with Crippen molar-refractivity contribution in [3.05, 3.63) is 45.9 Å². The van der Waals surface area contributed by atoms with Gasteiger partial charge in [-0.05, 0) is 24.1 Å². The first-order valence-electron chi connectivity index (χ1n) is 7.49. The first kappa shape index (κ1) is 16.5. The molecule has 0 aliphatic carbocycles. The largest absolute Gasteiger partial charge is 0.370 e. The molecule has 0 bridgehead atoms. The molecule has 0 saturated carbocycles. The van der Waals surface area contributed by atoms with Crippen LogP contribution >= 0.6 is 11.3 Å². The zero-order valence-electron chi connectivity index (χ0n) is 13.7. The van der Waals surface area contributed by atoms with Crippen molar-refractivity contribution >= 4 is 23.0 Å². The molecule has 1 aromatic carbocycles. The molecule has 1 heterocycles. The summed E-state index contributed by atoms with van der Waals surface area (Å²) in [5.74, 6) is 0.417. The van der Waals surface area contributed by atoms with Crippen LogP contribution in [0.4, 0.5) is 5.69 Å². The molecule has 4 nitrogen and oxygen atoms in total. The summed E-state index contributed by atoms with van der Waals surface area (Å²) in [6.07, 6.45) is 1.00. The Kier molecular flexibility index (Phi) is 5.19. The van der Waals surface area contributed by atoms with Crippen molar-refractivity contribution in [2.75, 3.05) is 5.32 Å². The summed E-state index contributed by atoms with van der Waals surface area (Å²) in [7, 11) is 0. The Hall–Kier alpha value is -1.88. The predicted octanol–water partition coefficient (Wildman–Crippen LogP) is 3.93. The van der Waals surface area contributed by atoms with E-state index in [2.05, 4.69) is 60.5 Å². The van der Waals surface area contributed by atoms with Gasteiger partial charge in [-0.15, -0.1) is 11.3 Å². The van der Waals surface area contributed by atoms with E-state index in [-0.39, 0.29) is 5.41 Å². The Balaban J connectivity index is 1.99. The number of hydrogen-bond acceptors (Lipinski definition) is 3. The van der Waals surface area contributed by atoms with E-state index in [1.54, 1.807) is 11.3 Å². The van der Waals surface area contributed by atoms with Crippen LogP contribution in [0.25, 0.3) is 0 Å². The minimum atomic E-state index is 0.0723. The number of nitrogens with one attached hydrogen (secondary N) is 1. The number of rotatable bonds is 4. The lowest BCUT2D eigenvalue weighted by atomic mass is 9.93. The Morgan fingerprint density at radius 3 is 2.77 bits per heavy atom. The van der Waals surface area contributed by atoms with Crippen LogP contribution in [0, 0.1) is 0 Å². The second kappa shape index (κ2) is 6.92. The minimum absolute atomic E-state index is 0.0723. The average Bonchev–Trinajstić information content (AvgIpc) is 2.94. The van der Waals surface area contributed by atoms with Crippen molar-refractivity contribution < 1.29 is 0 Å². The lowest BCUT2D eigenvalue weighted by Crippen LogP contribution is -2.22. The molecule has 2 aromatic rings. The van der Waals surface area contributed by atoms with Gasteiger partial charge in [0.1, 0.15) is 5.01 Å². The number of aryl methyl sites for hydroxylation is 1. The van der Waals surface area contributed by atoms with Gasteiger partial charge in [0.15, 0.2) is 5.96 Å². The molecule has 0 fully saturated rings. The Morgan fingerprint density at radius 2 is 2.14 bits per heavy atom. The first-order valence-corrected chi connectivity index (χ1v) is 8.37. The number of benzene rings is 1. The summed E-state index contributed by atoms with van der Waals surface area (Å²) in [4.78, 5) is 8.99. The molecule has 0 spiro atoms. The van der Waals surface area contributed by atoms with E-state index in [0.717, 1.165) is 22.8 Å². The molecule has 0 radical (unpaired) electrons. The normalized spacial score (nSPS) is 12.5. The van der Waals surface area contributed by atoms with E-state index >= 15 is 0 Å². The van der Waals surface area contributed by atoms with Gasteiger partial charge in [-0.1, -0.05) is 39.8 Å².